The smallest absolute Gasteiger partial charge is 0.368 e. The zero-order valence-corrected chi connectivity index (χ0v) is 16.3. The highest BCUT2D eigenvalue weighted by Crippen LogP contribution is 2.50. The van der Waals surface area contributed by atoms with Crippen molar-refractivity contribution in [3.63, 3.8) is 0 Å². The van der Waals surface area contributed by atoms with Gasteiger partial charge in [0.25, 0.3) is 0 Å². The van der Waals surface area contributed by atoms with Crippen LogP contribution in [0.25, 0.3) is 10.4 Å². The number of alkyl halides is 3. The molecule has 0 unspecified atom stereocenters. The number of nitrogens with zero attached hydrogens (tertiary/aromatic N) is 2. The minimum absolute atomic E-state index is 0.146. The Labute approximate surface area is 171 Å². The van der Waals surface area contributed by atoms with Crippen LogP contribution in [0.5, 0.6) is 0 Å². The van der Waals surface area contributed by atoms with Crippen molar-refractivity contribution in [2.45, 2.75) is 18.3 Å². The summed E-state index contributed by atoms with van der Waals surface area (Å²) in [6, 6.07) is 2.73. The summed E-state index contributed by atoms with van der Waals surface area (Å²) in [6.07, 6.45) is -4.64. The Bertz CT molecular complexity index is 1160. The van der Waals surface area contributed by atoms with Crippen LogP contribution in [0.1, 0.15) is 28.1 Å². The maximum Gasteiger partial charge on any atom is 0.418 e. The summed E-state index contributed by atoms with van der Waals surface area (Å²) >= 11 is 0.836. The molecule has 3 N–H and O–H groups in total. The molecular weight excluding hydrogens is 451 g/mol. The predicted molar refractivity (Wildman–Crippen MR) is 96.0 cm³/mol. The largest absolute Gasteiger partial charge is 0.418 e. The zero-order valence-electron chi connectivity index (χ0n) is 14.7. The van der Waals surface area contributed by atoms with Crippen LogP contribution < -0.4 is 5.73 Å². The Hall–Kier alpha value is -2.68. The summed E-state index contributed by atoms with van der Waals surface area (Å²) in [5.74, 6) is -0.950. The van der Waals surface area contributed by atoms with Crippen molar-refractivity contribution in [2.75, 3.05) is 6.54 Å². The van der Waals surface area contributed by atoms with E-state index in [1.54, 1.807) is 0 Å². The molecule has 0 spiro atoms. The highest BCUT2D eigenvalue weighted by molar-refractivity contribution is 7.80. The van der Waals surface area contributed by atoms with Gasteiger partial charge in [-0.2, -0.15) is 26.7 Å². The second-order valence-corrected chi connectivity index (χ2v) is 8.65. The first kappa shape index (κ1) is 20.6. The third kappa shape index (κ3) is 3.30. The third-order valence-corrected chi connectivity index (χ3v) is 6.32. The normalized spacial score (nSPS) is 21.1. The molecular formula is C16H12F3N3O6S2. The fraction of sp³-hybridized carbons (Fsp3) is 0.250. The van der Waals surface area contributed by atoms with Crippen LogP contribution in [0.15, 0.2) is 30.3 Å². The van der Waals surface area contributed by atoms with Gasteiger partial charge >= 0.3 is 22.6 Å². The monoisotopic (exact) mass is 463 g/mol. The highest BCUT2D eigenvalue weighted by Gasteiger charge is 2.53. The molecule has 3 heterocycles. The number of halogens is 3. The average molecular weight is 463 g/mol. The first-order valence-corrected chi connectivity index (χ1v) is 10.4. The fourth-order valence-corrected chi connectivity index (χ4v) is 5.37. The van der Waals surface area contributed by atoms with E-state index in [4.69, 9.17) is 10.3 Å². The number of amides is 3. The van der Waals surface area contributed by atoms with Gasteiger partial charge in [-0.05, 0) is 17.7 Å². The number of carbonyl (C=O) groups is 2. The first-order chi connectivity index (χ1) is 13.9. The van der Waals surface area contributed by atoms with E-state index < -0.39 is 46.2 Å². The number of rotatable bonds is 4. The summed E-state index contributed by atoms with van der Waals surface area (Å²) < 4.78 is 75.9. The van der Waals surface area contributed by atoms with Gasteiger partial charge in [-0.1, -0.05) is 18.2 Å². The van der Waals surface area contributed by atoms with Gasteiger partial charge in [-0.3, -0.25) is 9.35 Å². The number of nitrogens with two attached hydrogens (primary N) is 1. The predicted octanol–water partition coefficient (Wildman–Crippen LogP) is 2.49. The van der Waals surface area contributed by atoms with Gasteiger partial charge < -0.3 is 10.6 Å². The zero-order chi connectivity index (χ0) is 22.0. The quantitative estimate of drug-likeness (QED) is 0.670. The number of primary amides is 1. The number of hydrogen-bond donors (Lipinski definition) is 2. The van der Waals surface area contributed by atoms with E-state index in [1.165, 1.54) is 24.3 Å². The van der Waals surface area contributed by atoms with E-state index in [-0.39, 0.29) is 27.4 Å². The van der Waals surface area contributed by atoms with E-state index in [1.807, 2.05) is 0 Å². The van der Waals surface area contributed by atoms with Gasteiger partial charge in [0, 0.05) is 15.3 Å². The minimum Gasteiger partial charge on any atom is -0.368 e. The lowest BCUT2D eigenvalue weighted by Gasteiger charge is -2.27. The number of hydroxylamine groups is 2. The molecule has 160 valence electrons. The average Bonchev–Trinajstić information content (AvgIpc) is 3.17. The lowest BCUT2D eigenvalue weighted by atomic mass is 9.97. The Morgan fingerprint density at radius 2 is 1.97 bits per heavy atom. The van der Waals surface area contributed by atoms with E-state index in [2.05, 4.69) is 4.28 Å². The fourth-order valence-electron chi connectivity index (χ4n) is 3.62. The molecule has 1 fully saturated rings. The molecule has 2 bridgehead atoms. The van der Waals surface area contributed by atoms with Crippen molar-refractivity contribution in [1.82, 2.24) is 9.96 Å². The Kier molecular flexibility index (Phi) is 4.57. The molecule has 2 aliphatic rings. The van der Waals surface area contributed by atoms with Crippen molar-refractivity contribution in [1.29, 1.82) is 0 Å². The molecule has 1 aromatic heterocycles. The Morgan fingerprint density at radius 3 is 2.57 bits per heavy atom. The summed E-state index contributed by atoms with van der Waals surface area (Å²) in [5, 5.41) is 0.364. The third-order valence-electron chi connectivity index (χ3n) is 4.74. The van der Waals surface area contributed by atoms with Crippen molar-refractivity contribution < 1.29 is 40.0 Å². The molecule has 14 heteroatoms. The van der Waals surface area contributed by atoms with Crippen LogP contribution in [0.4, 0.5) is 18.0 Å². The van der Waals surface area contributed by atoms with Crippen molar-refractivity contribution >= 4 is 33.7 Å². The molecule has 0 aliphatic carbocycles. The lowest BCUT2D eigenvalue weighted by molar-refractivity contribution is -0.137. The number of thiophene rings is 1. The maximum absolute atomic E-state index is 13.4. The molecule has 2 aliphatic heterocycles. The summed E-state index contributed by atoms with van der Waals surface area (Å²) in [7, 11) is -5.07. The van der Waals surface area contributed by atoms with Crippen LogP contribution in [0.2, 0.25) is 0 Å². The lowest BCUT2D eigenvalue weighted by Crippen LogP contribution is -2.41. The highest BCUT2D eigenvalue weighted by atomic mass is 32.3. The van der Waals surface area contributed by atoms with Crippen LogP contribution in [0, 0.1) is 0 Å². The molecule has 30 heavy (non-hydrogen) atoms. The van der Waals surface area contributed by atoms with Crippen molar-refractivity contribution in [3.8, 4) is 10.4 Å². The molecule has 9 nitrogen and oxygen atoms in total. The summed E-state index contributed by atoms with van der Waals surface area (Å²) in [5.41, 5.74) is 4.58. The summed E-state index contributed by atoms with van der Waals surface area (Å²) in [6.45, 7) is -0.202. The Balaban J connectivity index is 1.87. The molecule has 1 aromatic carbocycles. The number of fused-ring (bicyclic) bond motifs is 4. The second-order valence-electron chi connectivity index (χ2n) is 6.56. The van der Waals surface area contributed by atoms with E-state index in [9.17, 15) is 31.2 Å². The Morgan fingerprint density at radius 1 is 1.30 bits per heavy atom. The van der Waals surface area contributed by atoms with Gasteiger partial charge in [-0.15, -0.1) is 15.6 Å². The van der Waals surface area contributed by atoms with Gasteiger partial charge in [-0.25, -0.2) is 4.79 Å². The molecule has 4 rings (SSSR count). The van der Waals surface area contributed by atoms with E-state index >= 15 is 0 Å². The van der Waals surface area contributed by atoms with Crippen LogP contribution in [-0.4, -0.2) is 41.4 Å². The van der Waals surface area contributed by atoms with Crippen molar-refractivity contribution in [3.05, 3.63) is 46.3 Å². The van der Waals surface area contributed by atoms with Gasteiger partial charge in [0.1, 0.15) is 12.1 Å². The maximum atomic E-state index is 13.4. The van der Waals surface area contributed by atoms with Gasteiger partial charge in [0.05, 0.1) is 12.1 Å². The second kappa shape index (κ2) is 6.66. The topological polar surface area (TPSA) is 130 Å². The standard InChI is InChI=1S/C16H12F3N3O6S2/c17-16(18,19)9-4-2-1-3-7(9)11-5-8-10-6-21(12(14(20)23)13(8)29-11)15(24)22(10)28-30(25,26)27/h1-5,10,12H,6H2,(H2,20,23)(H,25,26,27)/t10-,12+/m1/s1. The number of benzene rings is 1. The van der Waals surface area contributed by atoms with Crippen LogP contribution in [-0.2, 0) is 25.7 Å². The molecule has 1 saturated heterocycles. The van der Waals surface area contributed by atoms with Crippen molar-refractivity contribution in [2.24, 2.45) is 5.73 Å². The summed E-state index contributed by atoms with van der Waals surface area (Å²) in [4.78, 5) is 25.8. The minimum atomic E-state index is -5.07. The number of hydrogen-bond acceptors (Lipinski definition) is 6. The SMILES string of the molecule is NC(=O)[C@@H]1c2sc(-c3ccccc3C(F)(F)F)cc2[C@H]2CN1C(=O)N2OS(=O)(=O)O. The first-order valence-electron chi connectivity index (χ1n) is 8.25. The molecule has 2 aromatic rings. The molecule has 2 atom stereocenters. The molecule has 0 saturated carbocycles. The van der Waals surface area contributed by atoms with E-state index in [0.29, 0.717) is 5.06 Å². The van der Waals surface area contributed by atoms with Gasteiger partial charge in [0.15, 0.2) is 0 Å². The van der Waals surface area contributed by atoms with E-state index in [0.717, 1.165) is 22.3 Å². The molecule has 0 radical (unpaired) electrons. The van der Waals surface area contributed by atoms with Crippen LogP contribution in [0.3, 0.4) is 0 Å². The van der Waals surface area contributed by atoms with Gasteiger partial charge in [0.2, 0.25) is 5.91 Å². The number of carbonyl (C=O) groups excluding carboxylic acids is 2. The van der Waals surface area contributed by atoms with Crippen LogP contribution >= 0.6 is 11.3 Å². The number of urea groups is 1. The molecule has 3 amide bonds.